The van der Waals surface area contributed by atoms with E-state index in [0.29, 0.717) is 6.54 Å². The van der Waals surface area contributed by atoms with Crippen LogP contribution in [0.4, 0.5) is 5.82 Å². The van der Waals surface area contributed by atoms with E-state index in [2.05, 4.69) is 47.8 Å². The summed E-state index contributed by atoms with van der Waals surface area (Å²) in [5, 5.41) is 4.28. The molecule has 0 aliphatic heterocycles. The highest BCUT2D eigenvalue weighted by Gasteiger charge is 2.07. The number of aryl methyl sites for hydroxylation is 1. The molecular weight excluding hydrogens is 254 g/mol. The van der Waals surface area contributed by atoms with E-state index in [4.69, 9.17) is 10.7 Å². The Morgan fingerprint density at radius 1 is 1.32 bits per heavy atom. The van der Waals surface area contributed by atoms with Crippen LogP contribution in [0, 0.1) is 0 Å². The molecule has 102 valence electrons. The normalized spacial score (nSPS) is 10.7. The van der Waals surface area contributed by atoms with Crippen molar-refractivity contribution in [3.05, 3.63) is 45.8 Å². The van der Waals surface area contributed by atoms with Crippen molar-refractivity contribution in [3.8, 4) is 0 Å². The van der Waals surface area contributed by atoms with E-state index in [1.54, 1.807) is 11.3 Å². The van der Waals surface area contributed by atoms with Crippen molar-refractivity contribution >= 4 is 17.2 Å². The smallest absolute Gasteiger partial charge is 0.129 e. The van der Waals surface area contributed by atoms with Gasteiger partial charge in [-0.15, -0.1) is 0 Å². The Bertz CT molecular complexity index is 508. The quantitative estimate of drug-likeness (QED) is 0.880. The third-order valence-electron chi connectivity index (χ3n) is 3.06. The van der Waals surface area contributed by atoms with E-state index in [1.807, 2.05) is 0 Å². The average molecular weight is 275 g/mol. The van der Waals surface area contributed by atoms with Crippen LogP contribution in [-0.2, 0) is 19.5 Å². The molecule has 0 unspecified atom stereocenters. The first-order valence-electron chi connectivity index (χ1n) is 6.65. The number of anilines is 1. The van der Waals surface area contributed by atoms with Crippen LogP contribution < -0.4 is 10.6 Å². The second kappa shape index (κ2) is 6.68. The zero-order valence-electron chi connectivity index (χ0n) is 11.6. The van der Waals surface area contributed by atoms with Crippen molar-refractivity contribution in [1.29, 1.82) is 0 Å². The summed E-state index contributed by atoms with van der Waals surface area (Å²) < 4.78 is 0. The predicted octanol–water partition coefficient (Wildman–Crippen LogP) is 3.19. The fourth-order valence-corrected chi connectivity index (χ4v) is 2.73. The van der Waals surface area contributed by atoms with E-state index in [1.165, 1.54) is 5.56 Å². The molecule has 0 aliphatic rings. The Morgan fingerprint density at radius 3 is 2.79 bits per heavy atom. The highest BCUT2D eigenvalue weighted by atomic mass is 32.1. The van der Waals surface area contributed by atoms with Gasteiger partial charge < -0.3 is 10.6 Å². The molecule has 0 aromatic carbocycles. The molecule has 2 N–H and O–H groups in total. The van der Waals surface area contributed by atoms with Crippen LogP contribution in [0.5, 0.6) is 0 Å². The minimum atomic E-state index is 0.568. The molecule has 0 saturated heterocycles. The summed E-state index contributed by atoms with van der Waals surface area (Å²) in [7, 11) is 2.08. The largest absolute Gasteiger partial charge is 0.355 e. The lowest BCUT2D eigenvalue weighted by Crippen LogP contribution is -2.18. The maximum absolute atomic E-state index is 5.78. The fourth-order valence-electron chi connectivity index (χ4n) is 2.07. The number of nitrogens with two attached hydrogens (primary N) is 1. The number of rotatable bonds is 6. The Kier molecular flexibility index (Phi) is 4.93. The average Bonchev–Trinajstić information content (AvgIpc) is 2.91. The second-order valence-corrected chi connectivity index (χ2v) is 5.55. The first-order chi connectivity index (χ1) is 9.22. The van der Waals surface area contributed by atoms with Gasteiger partial charge in [-0.25, -0.2) is 4.98 Å². The first kappa shape index (κ1) is 14.0. The van der Waals surface area contributed by atoms with Crippen LogP contribution in [-0.4, -0.2) is 12.0 Å². The van der Waals surface area contributed by atoms with E-state index >= 15 is 0 Å². The molecule has 0 atom stereocenters. The standard InChI is InChI=1S/C15H21N3S/c1-3-4-14-7-13(9-16)8-15(17-14)18(2)10-12-5-6-19-11-12/h5-8,11H,3-4,9-10,16H2,1-2H3. The van der Waals surface area contributed by atoms with Gasteiger partial charge in [0.2, 0.25) is 0 Å². The molecule has 2 heterocycles. The highest BCUT2D eigenvalue weighted by Crippen LogP contribution is 2.18. The van der Waals surface area contributed by atoms with Crippen molar-refractivity contribution < 1.29 is 0 Å². The summed E-state index contributed by atoms with van der Waals surface area (Å²) >= 11 is 1.73. The van der Waals surface area contributed by atoms with Gasteiger partial charge >= 0.3 is 0 Å². The topological polar surface area (TPSA) is 42.1 Å². The Labute approximate surface area is 119 Å². The van der Waals surface area contributed by atoms with E-state index in [0.717, 1.165) is 36.5 Å². The second-order valence-electron chi connectivity index (χ2n) is 4.77. The summed E-state index contributed by atoms with van der Waals surface area (Å²) in [4.78, 5) is 6.91. The summed E-state index contributed by atoms with van der Waals surface area (Å²) in [6, 6.07) is 6.36. The third kappa shape index (κ3) is 3.78. The molecule has 2 rings (SSSR count). The van der Waals surface area contributed by atoms with Gasteiger partial charge in [0.15, 0.2) is 0 Å². The third-order valence-corrected chi connectivity index (χ3v) is 3.79. The van der Waals surface area contributed by atoms with Gasteiger partial charge in [-0.3, -0.25) is 0 Å². The lowest BCUT2D eigenvalue weighted by Gasteiger charge is -2.19. The zero-order chi connectivity index (χ0) is 13.7. The molecule has 2 aromatic heterocycles. The molecule has 0 saturated carbocycles. The molecule has 0 aliphatic carbocycles. The summed E-state index contributed by atoms with van der Waals surface area (Å²) in [5.41, 5.74) is 9.39. The van der Waals surface area contributed by atoms with Gasteiger partial charge in [0.25, 0.3) is 0 Å². The highest BCUT2D eigenvalue weighted by molar-refractivity contribution is 7.07. The lowest BCUT2D eigenvalue weighted by atomic mass is 10.1. The van der Waals surface area contributed by atoms with E-state index < -0.39 is 0 Å². The van der Waals surface area contributed by atoms with Crippen LogP contribution >= 0.6 is 11.3 Å². The van der Waals surface area contributed by atoms with Crippen LogP contribution in [0.1, 0.15) is 30.2 Å². The van der Waals surface area contributed by atoms with Gasteiger partial charge in [0, 0.05) is 25.8 Å². The Balaban J connectivity index is 2.19. The Morgan fingerprint density at radius 2 is 2.16 bits per heavy atom. The molecule has 0 spiro atoms. The molecular formula is C15H21N3S. The predicted molar refractivity (Wildman–Crippen MR) is 82.5 cm³/mol. The maximum Gasteiger partial charge on any atom is 0.129 e. The van der Waals surface area contributed by atoms with Crippen molar-refractivity contribution in [3.63, 3.8) is 0 Å². The molecule has 2 aromatic rings. The Hall–Kier alpha value is -1.39. The van der Waals surface area contributed by atoms with Crippen LogP contribution in [0.2, 0.25) is 0 Å². The van der Waals surface area contributed by atoms with Gasteiger partial charge in [-0.1, -0.05) is 13.3 Å². The molecule has 4 heteroatoms. The monoisotopic (exact) mass is 275 g/mol. The molecule has 0 amide bonds. The number of thiophene rings is 1. The minimum absolute atomic E-state index is 0.568. The van der Waals surface area contributed by atoms with Crippen LogP contribution in [0.25, 0.3) is 0 Å². The SMILES string of the molecule is CCCc1cc(CN)cc(N(C)Cc2ccsc2)n1. The first-order valence-corrected chi connectivity index (χ1v) is 7.59. The van der Waals surface area contributed by atoms with Gasteiger partial charge in [0.05, 0.1) is 0 Å². The van der Waals surface area contributed by atoms with E-state index in [-0.39, 0.29) is 0 Å². The number of pyridine rings is 1. The summed E-state index contributed by atoms with van der Waals surface area (Å²) in [6.45, 7) is 3.63. The van der Waals surface area contributed by atoms with Crippen molar-refractivity contribution in [2.24, 2.45) is 5.73 Å². The minimum Gasteiger partial charge on any atom is -0.355 e. The van der Waals surface area contributed by atoms with Gasteiger partial charge in [-0.2, -0.15) is 11.3 Å². The number of aromatic nitrogens is 1. The number of hydrogen-bond acceptors (Lipinski definition) is 4. The van der Waals surface area contributed by atoms with Crippen molar-refractivity contribution in [1.82, 2.24) is 4.98 Å². The van der Waals surface area contributed by atoms with E-state index in [9.17, 15) is 0 Å². The fraction of sp³-hybridized carbons (Fsp3) is 0.400. The molecule has 3 nitrogen and oxygen atoms in total. The summed E-state index contributed by atoms with van der Waals surface area (Å²) in [6.07, 6.45) is 2.11. The van der Waals surface area contributed by atoms with Crippen molar-refractivity contribution in [2.45, 2.75) is 32.9 Å². The van der Waals surface area contributed by atoms with Crippen molar-refractivity contribution in [2.75, 3.05) is 11.9 Å². The molecule has 19 heavy (non-hydrogen) atoms. The number of hydrogen-bond donors (Lipinski definition) is 1. The van der Waals surface area contributed by atoms with Crippen LogP contribution in [0.15, 0.2) is 29.0 Å². The summed E-state index contributed by atoms with van der Waals surface area (Å²) in [5.74, 6) is 1.01. The molecule has 0 bridgehead atoms. The maximum atomic E-state index is 5.78. The number of nitrogens with zero attached hydrogens (tertiary/aromatic N) is 2. The zero-order valence-corrected chi connectivity index (χ0v) is 12.4. The molecule has 0 fully saturated rings. The van der Waals surface area contributed by atoms with Gasteiger partial charge in [0.1, 0.15) is 5.82 Å². The van der Waals surface area contributed by atoms with Gasteiger partial charge in [-0.05, 0) is 46.5 Å². The molecule has 0 radical (unpaired) electrons. The lowest BCUT2D eigenvalue weighted by molar-refractivity contribution is 0.843. The van der Waals surface area contributed by atoms with Crippen LogP contribution in [0.3, 0.4) is 0 Å².